The number of fused-ring (bicyclic) bond motifs is 3. The number of hydrogen-bond donors (Lipinski definition) is 1. The van der Waals surface area contributed by atoms with Gasteiger partial charge in [-0.1, -0.05) is 18.2 Å². The van der Waals surface area contributed by atoms with Gasteiger partial charge in [-0.3, -0.25) is 14.8 Å². The molecular formula is C27H37N5O. The lowest BCUT2D eigenvalue weighted by molar-refractivity contribution is -0.0117. The predicted octanol–water partition coefficient (Wildman–Crippen LogP) is 2.63. The summed E-state index contributed by atoms with van der Waals surface area (Å²) in [4.78, 5) is 12.6. The van der Waals surface area contributed by atoms with E-state index in [9.17, 15) is 0 Å². The number of piperazine rings is 1. The molecule has 1 aliphatic carbocycles. The molecule has 1 aromatic carbocycles. The Kier molecular flexibility index (Phi) is 6.09. The lowest BCUT2D eigenvalue weighted by Gasteiger charge is -2.45. The van der Waals surface area contributed by atoms with Gasteiger partial charge in [-0.2, -0.15) is 0 Å². The Morgan fingerprint density at radius 2 is 2.09 bits per heavy atom. The summed E-state index contributed by atoms with van der Waals surface area (Å²) in [6, 6.07) is 12.7. The maximum atomic E-state index is 5.79. The smallest absolute Gasteiger partial charge is 0.0639 e. The van der Waals surface area contributed by atoms with Crippen molar-refractivity contribution in [3.05, 3.63) is 58.9 Å². The molecule has 1 N–H and O–H groups in total. The van der Waals surface area contributed by atoms with Crippen LogP contribution in [0.1, 0.15) is 41.3 Å². The molecule has 3 aliphatic heterocycles. The molecule has 1 unspecified atom stereocenters. The molecule has 4 aliphatic rings. The van der Waals surface area contributed by atoms with Crippen molar-refractivity contribution in [3.8, 4) is 0 Å². The molecule has 0 amide bonds. The van der Waals surface area contributed by atoms with Crippen LogP contribution < -0.4 is 10.2 Å². The number of nitrogens with one attached hydrogen (secondary N) is 1. The molecule has 0 bridgehead atoms. The van der Waals surface area contributed by atoms with Crippen molar-refractivity contribution < 1.29 is 4.74 Å². The fraction of sp³-hybridized carbons (Fsp3) is 0.593. The van der Waals surface area contributed by atoms with E-state index in [1.165, 1.54) is 41.8 Å². The van der Waals surface area contributed by atoms with Crippen molar-refractivity contribution in [2.45, 2.75) is 50.4 Å². The van der Waals surface area contributed by atoms with E-state index in [1.807, 2.05) is 6.20 Å². The number of morpholine rings is 1. The van der Waals surface area contributed by atoms with Crippen LogP contribution in [0.3, 0.4) is 0 Å². The van der Waals surface area contributed by atoms with Gasteiger partial charge in [0.15, 0.2) is 0 Å². The molecule has 0 spiro atoms. The topological polar surface area (TPSA) is 43.9 Å². The molecule has 0 saturated carbocycles. The van der Waals surface area contributed by atoms with Crippen LogP contribution in [0, 0.1) is 0 Å². The highest BCUT2D eigenvalue weighted by molar-refractivity contribution is 5.58. The van der Waals surface area contributed by atoms with E-state index in [-0.39, 0.29) is 0 Å². The molecular weight excluding hydrogens is 410 g/mol. The minimum Gasteiger partial charge on any atom is -0.378 e. The third-order valence-corrected chi connectivity index (χ3v) is 8.26. The molecule has 2 fully saturated rings. The number of hydrogen-bond acceptors (Lipinski definition) is 6. The quantitative estimate of drug-likeness (QED) is 0.777. The largest absolute Gasteiger partial charge is 0.378 e. The Labute approximate surface area is 197 Å². The van der Waals surface area contributed by atoms with Crippen LogP contribution in [0.4, 0.5) is 5.69 Å². The second kappa shape index (κ2) is 9.34. The fourth-order valence-electron chi connectivity index (χ4n) is 6.47. The normalized spacial score (nSPS) is 27.7. The van der Waals surface area contributed by atoms with Crippen LogP contribution in [0.2, 0.25) is 0 Å². The molecule has 4 heterocycles. The highest BCUT2D eigenvalue weighted by Crippen LogP contribution is 2.34. The summed E-state index contributed by atoms with van der Waals surface area (Å²) in [5.41, 5.74) is 7.23. The van der Waals surface area contributed by atoms with Gasteiger partial charge in [-0.15, -0.1) is 0 Å². The maximum absolute atomic E-state index is 5.79. The number of benzene rings is 1. The van der Waals surface area contributed by atoms with Crippen molar-refractivity contribution in [2.24, 2.45) is 0 Å². The lowest BCUT2D eigenvalue weighted by Crippen LogP contribution is -2.58. The van der Waals surface area contributed by atoms with Gasteiger partial charge in [-0.05, 0) is 61.6 Å². The van der Waals surface area contributed by atoms with Gasteiger partial charge in [0.1, 0.15) is 0 Å². The lowest BCUT2D eigenvalue weighted by atomic mass is 9.89. The molecule has 176 valence electrons. The average molecular weight is 448 g/mol. The molecule has 0 radical (unpaired) electrons. The van der Waals surface area contributed by atoms with E-state index in [4.69, 9.17) is 9.72 Å². The Hall–Kier alpha value is -1.99. The minimum absolute atomic E-state index is 0.438. The first-order chi connectivity index (χ1) is 16.3. The second-order valence-corrected chi connectivity index (χ2v) is 10.3. The molecule has 6 heteroatoms. The first kappa shape index (κ1) is 21.5. The zero-order valence-corrected chi connectivity index (χ0v) is 19.9. The maximum Gasteiger partial charge on any atom is 0.0639 e. The van der Waals surface area contributed by atoms with E-state index >= 15 is 0 Å². The van der Waals surface area contributed by atoms with Crippen LogP contribution >= 0.6 is 0 Å². The van der Waals surface area contributed by atoms with Gasteiger partial charge < -0.3 is 15.0 Å². The van der Waals surface area contributed by atoms with E-state index in [1.54, 1.807) is 5.56 Å². The number of anilines is 1. The number of rotatable bonds is 4. The Bertz CT molecular complexity index is 981. The van der Waals surface area contributed by atoms with Gasteiger partial charge in [0, 0.05) is 57.2 Å². The standard InChI is InChI=1S/C27H37N5O/c1-30(26-9-2-5-20-7-4-10-28-27(20)26)17-22-15-24-21(16-29-22)6-3-8-25(24)32-12-11-31-13-14-33-19-23(31)18-32/h3-4,6-8,10,22-23,26,29H,2,5,9,11-19H2,1H3/t22-,23-,26?/m1/s1. The summed E-state index contributed by atoms with van der Waals surface area (Å²) in [7, 11) is 2.29. The van der Waals surface area contributed by atoms with Crippen LogP contribution in [-0.4, -0.2) is 79.9 Å². The Morgan fingerprint density at radius 3 is 3.06 bits per heavy atom. The zero-order chi connectivity index (χ0) is 22.2. The molecule has 2 saturated heterocycles. The van der Waals surface area contributed by atoms with E-state index < -0.39 is 0 Å². The van der Waals surface area contributed by atoms with Gasteiger partial charge in [0.2, 0.25) is 0 Å². The summed E-state index contributed by atoms with van der Waals surface area (Å²) < 4.78 is 5.79. The summed E-state index contributed by atoms with van der Waals surface area (Å²) in [5.74, 6) is 0. The number of aromatic nitrogens is 1. The first-order valence-electron chi connectivity index (χ1n) is 12.8. The van der Waals surface area contributed by atoms with Gasteiger partial charge in [0.05, 0.1) is 31.0 Å². The summed E-state index contributed by atoms with van der Waals surface area (Å²) >= 11 is 0. The number of aryl methyl sites for hydroxylation is 1. The third kappa shape index (κ3) is 4.30. The van der Waals surface area contributed by atoms with Crippen LogP contribution in [-0.2, 0) is 24.1 Å². The van der Waals surface area contributed by atoms with Crippen molar-refractivity contribution in [1.82, 2.24) is 20.1 Å². The van der Waals surface area contributed by atoms with E-state index in [0.29, 0.717) is 18.1 Å². The molecule has 6 nitrogen and oxygen atoms in total. The summed E-state index contributed by atoms with van der Waals surface area (Å²) in [5, 5.41) is 3.84. The first-order valence-corrected chi connectivity index (χ1v) is 12.8. The zero-order valence-electron chi connectivity index (χ0n) is 19.9. The Morgan fingerprint density at radius 1 is 1.15 bits per heavy atom. The monoisotopic (exact) mass is 447 g/mol. The van der Waals surface area contributed by atoms with Gasteiger partial charge in [-0.25, -0.2) is 0 Å². The van der Waals surface area contributed by atoms with Gasteiger partial charge >= 0.3 is 0 Å². The number of likely N-dealkylation sites (N-methyl/N-ethyl adjacent to an activating group) is 1. The minimum atomic E-state index is 0.438. The second-order valence-electron chi connectivity index (χ2n) is 10.3. The average Bonchev–Trinajstić information content (AvgIpc) is 2.87. The summed E-state index contributed by atoms with van der Waals surface area (Å²) in [6.07, 6.45) is 6.70. The highest BCUT2D eigenvalue weighted by atomic mass is 16.5. The van der Waals surface area contributed by atoms with Crippen molar-refractivity contribution in [2.75, 3.05) is 57.9 Å². The molecule has 33 heavy (non-hydrogen) atoms. The van der Waals surface area contributed by atoms with E-state index in [0.717, 1.165) is 58.9 Å². The number of nitrogens with zero attached hydrogens (tertiary/aromatic N) is 4. The predicted molar refractivity (Wildman–Crippen MR) is 132 cm³/mol. The van der Waals surface area contributed by atoms with Crippen molar-refractivity contribution in [1.29, 1.82) is 0 Å². The molecule has 1 aromatic heterocycles. The van der Waals surface area contributed by atoms with Crippen LogP contribution in [0.5, 0.6) is 0 Å². The SMILES string of the molecule is CN(C[C@H]1Cc2c(cccc2N2CCN3CCOC[C@H]3C2)CN1)C1CCCc2cccnc21. The number of ether oxygens (including phenoxy) is 1. The highest BCUT2D eigenvalue weighted by Gasteiger charge is 2.32. The third-order valence-electron chi connectivity index (χ3n) is 8.26. The van der Waals surface area contributed by atoms with Gasteiger partial charge in [0.25, 0.3) is 0 Å². The Balaban J connectivity index is 1.17. The van der Waals surface area contributed by atoms with Crippen LogP contribution in [0.15, 0.2) is 36.5 Å². The summed E-state index contributed by atoms with van der Waals surface area (Å²) in [6.45, 7) is 8.22. The molecule has 6 rings (SSSR count). The fourth-order valence-corrected chi connectivity index (χ4v) is 6.47. The van der Waals surface area contributed by atoms with Crippen LogP contribution in [0.25, 0.3) is 0 Å². The van der Waals surface area contributed by atoms with E-state index in [2.05, 4.69) is 57.4 Å². The molecule has 3 atom stereocenters. The molecule has 2 aromatic rings. The van der Waals surface area contributed by atoms with Crippen molar-refractivity contribution in [3.63, 3.8) is 0 Å². The van der Waals surface area contributed by atoms with Crippen molar-refractivity contribution >= 4 is 5.69 Å². The number of pyridine rings is 1.